The summed E-state index contributed by atoms with van der Waals surface area (Å²) >= 11 is 7.68. The lowest BCUT2D eigenvalue weighted by Crippen LogP contribution is -2.34. The van der Waals surface area contributed by atoms with Crippen molar-refractivity contribution < 1.29 is 0 Å². The van der Waals surface area contributed by atoms with E-state index >= 15 is 0 Å². The summed E-state index contributed by atoms with van der Waals surface area (Å²) in [5.41, 5.74) is 3.11. The Balaban J connectivity index is 2.01. The van der Waals surface area contributed by atoms with E-state index in [4.69, 9.17) is 11.6 Å². The summed E-state index contributed by atoms with van der Waals surface area (Å²) in [5, 5.41) is 9.55. The average molecular weight is 306 g/mol. The highest BCUT2D eigenvalue weighted by atomic mass is 35.5. The third-order valence-corrected chi connectivity index (χ3v) is 3.73. The number of rotatable bonds is 5. The molecule has 1 aromatic carbocycles. The normalized spacial score (nSPS) is 18.8. The van der Waals surface area contributed by atoms with Crippen LogP contribution in [0.1, 0.15) is 12.5 Å². The van der Waals surface area contributed by atoms with Gasteiger partial charge in [0.2, 0.25) is 0 Å². The second-order valence-corrected chi connectivity index (χ2v) is 5.53. The Morgan fingerprint density at radius 1 is 1.55 bits per heavy atom. The van der Waals surface area contributed by atoms with Gasteiger partial charge in [-0.2, -0.15) is 0 Å². The third kappa shape index (κ3) is 3.92. The molecule has 1 aliphatic rings. The molecule has 0 radical (unpaired) electrons. The number of halogens is 1. The molecule has 20 heavy (non-hydrogen) atoms. The van der Waals surface area contributed by atoms with Gasteiger partial charge in [-0.1, -0.05) is 41.6 Å². The molecule has 2 N–H and O–H groups in total. The predicted molar refractivity (Wildman–Crippen MR) is 89.5 cm³/mol. The molecule has 1 aromatic rings. The van der Waals surface area contributed by atoms with Gasteiger partial charge in [-0.05, 0) is 42.8 Å². The van der Waals surface area contributed by atoms with E-state index in [9.17, 15) is 0 Å². The lowest BCUT2D eigenvalue weighted by atomic mass is 10.2. The van der Waals surface area contributed by atoms with Gasteiger partial charge in [0, 0.05) is 11.2 Å². The van der Waals surface area contributed by atoms with Crippen LogP contribution in [0.15, 0.2) is 58.7 Å². The molecule has 104 valence electrons. The number of benzene rings is 1. The Bertz CT molecular complexity index is 578. The van der Waals surface area contributed by atoms with Crippen LogP contribution >= 0.6 is 23.4 Å². The van der Waals surface area contributed by atoms with Gasteiger partial charge < -0.3 is 10.6 Å². The molecule has 0 aromatic heterocycles. The van der Waals surface area contributed by atoms with E-state index in [0.717, 1.165) is 22.0 Å². The molecule has 1 aliphatic heterocycles. The van der Waals surface area contributed by atoms with E-state index in [-0.39, 0.29) is 5.50 Å². The monoisotopic (exact) mass is 305 g/mol. The molecule has 0 saturated carbocycles. The summed E-state index contributed by atoms with van der Waals surface area (Å²) in [6, 6.07) is 7.78. The third-order valence-electron chi connectivity index (χ3n) is 2.62. The van der Waals surface area contributed by atoms with Gasteiger partial charge in [-0.3, -0.25) is 4.99 Å². The second kappa shape index (κ2) is 7.22. The lowest BCUT2D eigenvalue weighted by molar-refractivity contribution is 0.713. The van der Waals surface area contributed by atoms with Crippen LogP contribution in [0.25, 0.3) is 5.70 Å². The molecule has 5 heteroatoms. The number of thioether (sulfide) groups is 1. The second-order valence-electron chi connectivity index (χ2n) is 4.11. The maximum Gasteiger partial charge on any atom is 0.149 e. The lowest BCUT2D eigenvalue weighted by Gasteiger charge is -2.16. The van der Waals surface area contributed by atoms with Crippen molar-refractivity contribution in [3.63, 3.8) is 0 Å². The Kier molecular flexibility index (Phi) is 5.32. The van der Waals surface area contributed by atoms with Gasteiger partial charge in [0.05, 0.1) is 11.4 Å². The minimum atomic E-state index is 0.0631. The number of hydrogen-bond acceptors (Lipinski definition) is 4. The summed E-state index contributed by atoms with van der Waals surface area (Å²) in [4.78, 5) is 3.79. The van der Waals surface area contributed by atoms with Crippen LogP contribution in [0, 0.1) is 0 Å². The molecule has 2 rings (SSSR count). The van der Waals surface area contributed by atoms with Crippen molar-refractivity contribution in [1.29, 1.82) is 0 Å². The Hall–Kier alpha value is -1.65. The Labute approximate surface area is 128 Å². The Morgan fingerprint density at radius 3 is 3.10 bits per heavy atom. The first-order valence-electron chi connectivity index (χ1n) is 6.16. The molecule has 0 saturated heterocycles. The highest BCUT2D eigenvalue weighted by Gasteiger charge is 2.17. The molecule has 1 atom stereocenters. The summed E-state index contributed by atoms with van der Waals surface area (Å²) in [7, 11) is 0. The van der Waals surface area contributed by atoms with Crippen LogP contribution in [0.5, 0.6) is 0 Å². The van der Waals surface area contributed by atoms with Gasteiger partial charge in [-0.25, -0.2) is 0 Å². The number of nitrogens with one attached hydrogen (secondary N) is 2. The maximum atomic E-state index is 6.01. The summed E-state index contributed by atoms with van der Waals surface area (Å²) in [6.07, 6.45) is 5.60. The highest BCUT2D eigenvalue weighted by Crippen LogP contribution is 2.27. The van der Waals surface area contributed by atoms with Gasteiger partial charge in [0.15, 0.2) is 0 Å². The van der Waals surface area contributed by atoms with Crippen molar-refractivity contribution >= 4 is 35.8 Å². The summed E-state index contributed by atoms with van der Waals surface area (Å²) in [6.45, 7) is 5.44. The highest BCUT2D eigenvalue weighted by molar-refractivity contribution is 8.03. The predicted octanol–water partition coefficient (Wildman–Crippen LogP) is 3.97. The minimum Gasteiger partial charge on any atom is -0.356 e. The fraction of sp³-hybridized carbons (Fsp3) is 0.133. The minimum absolute atomic E-state index is 0.0631. The van der Waals surface area contributed by atoms with Gasteiger partial charge in [-0.15, -0.1) is 0 Å². The van der Waals surface area contributed by atoms with Crippen molar-refractivity contribution in [3.05, 3.63) is 64.3 Å². The van der Waals surface area contributed by atoms with E-state index in [1.807, 2.05) is 43.3 Å². The SMILES string of the molecule is C=N/C=C(\C=C/C)NC1NC(c2cccc(Cl)c2)=CS1. The van der Waals surface area contributed by atoms with Crippen molar-refractivity contribution in [3.8, 4) is 0 Å². The first-order valence-corrected chi connectivity index (χ1v) is 7.48. The van der Waals surface area contributed by atoms with Crippen molar-refractivity contribution in [1.82, 2.24) is 10.6 Å². The fourth-order valence-electron chi connectivity index (χ4n) is 1.78. The average Bonchev–Trinajstić information content (AvgIpc) is 2.88. The molecule has 0 spiro atoms. The summed E-state index contributed by atoms with van der Waals surface area (Å²) in [5.74, 6) is 0. The van der Waals surface area contributed by atoms with Crippen molar-refractivity contribution in [2.45, 2.75) is 12.4 Å². The zero-order chi connectivity index (χ0) is 14.4. The van der Waals surface area contributed by atoms with Gasteiger partial charge in [0.1, 0.15) is 5.50 Å². The van der Waals surface area contributed by atoms with E-state index in [2.05, 4.69) is 27.8 Å². The summed E-state index contributed by atoms with van der Waals surface area (Å²) < 4.78 is 0. The Morgan fingerprint density at radius 2 is 2.40 bits per heavy atom. The smallest absolute Gasteiger partial charge is 0.149 e. The largest absolute Gasteiger partial charge is 0.356 e. The van der Waals surface area contributed by atoms with Crippen molar-refractivity contribution in [2.24, 2.45) is 4.99 Å². The first kappa shape index (κ1) is 14.8. The fourth-order valence-corrected chi connectivity index (χ4v) is 2.85. The molecule has 1 heterocycles. The molecule has 0 aliphatic carbocycles. The zero-order valence-electron chi connectivity index (χ0n) is 11.1. The number of nitrogens with zero attached hydrogens (tertiary/aromatic N) is 1. The van der Waals surface area contributed by atoms with Gasteiger partial charge in [0.25, 0.3) is 0 Å². The molecular formula is C15H16ClN3S. The molecule has 0 bridgehead atoms. The molecular weight excluding hydrogens is 290 g/mol. The van der Waals surface area contributed by atoms with Crippen LogP contribution in [-0.4, -0.2) is 12.2 Å². The number of aliphatic imine (C=N–C) groups is 1. The van der Waals surface area contributed by atoms with E-state index in [1.165, 1.54) is 0 Å². The zero-order valence-corrected chi connectivity index (χ0v) is 12.7. The van der Waals surface area contributed by atoms with E-state index < -0.39 is 0 Å². The topological polar surface area (TPSA) is 36.4 Å². The molecule has 0 amide bonds. The quantitative estimate of drug-likeness (QED) is 0.638. The maximum absolute atomic E-state index is 6.01. The van der Waals surface area contributed by atoms with Crippen LogP contribution in [0.4, 0.5) is 0 Å². The van der Waals surface area contributed by atoms with Crippen LogP contribution in [0.2, 0.25) is 5.02 Å². The molecule has 0 fully saturated rings. The molecule has 1 unspecified atom stereocenters. The first-order chi connectivity index (χ1) is 9.72. The number of hydrogen-bond donors (Lipinski definition) is 2. The standard InChI is InChI=1S/C15H16ClN3S/c1-3-5-13(9-17-2)18-15-19-14(10-20-15)11-6-4-7-12(16)8-11/h3-10,15,18-19H,2H2,1H3/b5-3-,13-9+. The van der Waals surface area contributed by atoms with Crippen LogP contribution < -0.4 is 10.6 Å². The van der Waals surface area contributed by atoms with Crippen molar-refractivity contribution in [2.75, 3.05) is 0 Å². The van der Waals surface area contributed by atoms with Gasteiger partial charge >= 0.3 is 0 Å². The van der Waals surface area contributed by atoms with E-state index in [1.54, 1.807) is 18.0 Å². The van der Waals surface area contributed by atoms with E-state index in [0.29, 0.717) is 0 Å². The molecule has 3 nitrogen and oxygen atoms in total. The van der Waals surface area contributed by atoms with Crippen LogP contribution in [-0.2, 0) is 0 Å². The number of allylic oxidation sites excluding steroid dienone is 2. The van der Waals surface area contributed by atoms with Crippen LogP contribution in [0.3, 0.4) is 0 Å².